The van der Waals surface area contributed by atoms with E-state index in [9.17, 15) is 0 Å². The molecule has 0 unspecified atom stereocenters. The lowest BCUT2D eigenvalue weighted by Crippen LogP contribution is -2.28. The van der Waals surface area contributed by atoms with E-state index in [-0.39, 0.29) is 0 Å². The van der Waals surface area contributed by atoms with Crippen molar-refractivity contribution in [1.82, 2.24) is 14.9 Å². The highest BCUT2D eigenvalue weighted by Crippen LogP contribution is 2.08. The van der Waals surface area contributed by atoms with Gasteiger partial charge in [-0.3, -0.25) is 0 Å². The summed E-state index contributed by atoms with van der Waals surface area (Å²) in [6.45, 7) is 6.30. The lowest BCUT2D eigenvalue weighted by atomic mass is 10.3. The van der Waals surface area contributed by atoms with E-state index < -0.39 is 0 Å². The average molecular weight is 223 g/mol. The van der Waals surface area contributed by atoms with Gasteiger partial charge in [-0.15, -0.1) is 0 Å². The molecule has 0 saturated heterocycles. The number of hydrogen-bond donors (Lipinski definition) is 2. The third-order valence-corrected chi connectivity index (χ3v) is 2.59. The highest BCUT2D eigenvalue weighted by atomic mass is 15.1. The molecule has 0 aliphatic rings. The number of rotatable bonds is 6. The molecule has 1 heterocycles. The van der Waals surface area contributed by atoms with E-state index in [2.05, 4.69) is 41.1 Å². The van der Waals surface area contributed by atoms with Crippen LogP contribution in [0.1, 0.15) is 20.3 Å². The molecule has 3 N–H and O–H groups in total. The highest BCUT2D eigenvalue weighted by molar-refractivity contribution is 5.54. The second kappa shape index (κ2) is 6.27. The van der Waals surface area contributed by atoms with Crippen molar-refractivity contribution in [3.63, 3.8) is 0 Å². The number of hydrogen-bond acceptors (Lipinski definition) is 5. The second-order valence-corrected chi connectivity index (χ2v) is 4.14. The Hall–Kier alpha value is -1.36. The Morgan fingerprint density at radius 2 is 2.06 bits per heavy atom. The normalized spacial score (nSPS) is 11.1. The summed E-state index contributed by atoms with van der Waals surface area (Å²) < 4.78 is 0. The molecule has 0 radical (unpaired) electrons. The van der Waals surface area contributed by atoms with Crippen LogP contribution < -0.4 is 11.1 Å². The smallest absolute Gasteiger partial charge is 0.168 e. The summed E-state index contributed by atoms with van der Waals surface area (Å²) in [5.41, 5.74) is 5.66. The first kappa shape index (κ1) is 12.7. The third kappa shape index (κ3) is 4.02. The number of nitrogens with two attached hydrogens (primary N) is 1. The maximum Gasteiger partial charge on any atom is 0.168 e. The third-order valence-electron chi connectivity index (χ3n) is 2.59. The maximum atomic E-state index is 5.66. The lowest BCUT2D eigenvalue weighted by Gasteiger charge is -2.20. The van der Waals surface area contributed by atoms with Gasteiger partial charge in [-0.25, -0.2) is 9.97 Å². The fraction of sp³-hybridized carbons (Fsp3) is 0.636. The van der Waals surface area contributed by atoms with E-state index in [0.717, 1.165) is 19.5 Å². The molecule has 5 nitrogen and oxygen atoms in total. The number of aromatic nitrogens is 2. The van der Waals surface area contributed by atoms with Gasteiger partial charge in [0.15, 0.2) is 11.6 Å². The zero-order chi connectivity index (χ0) is 12.0. The molecule has 0 bridgehead atoms. The van der Waals surface area contributed by atoms with E-state index >= 15 is 0 Å². The Morgan fingerprint density at radius 3 is 2.69 bits per heavy atom. The molecule has 16 heavy (non-hydrogen) atoms. The Labute approximate surface area is 97.1 Å². The predicted molar refractivity (Wildman–Crippen MR) is 67.3 cm³/mol. The van der Waals surface area contributed by atoms with Crippen LogP contribution in [0.2, 0.25) is 0 Å². The van der Waals surface area contributed by atoms with E-state index in [1.54, 1.807) is 12.4 Å². The molecule has 0 spiro atoms. The molecule has 5 heteroatoms. The van der Waals surface area contributed by atoms with Crippen molar-refractivity contribution in [2.45, 2.75) is 26.3 Å². The maximum absolute atomic E-state index is 5.66. The first-order chi connectivity index (χ1) is 7.61. The van der Waals surface area contributed by atoms with Crippen LogP contribution in [0.25, 0.3) is 0 Å². The molecular weight excluding hydrogens is 202 g/mol. The van der Waals surface area contributed by atoms with E-state index in [1.165, 1.54) is 0 Å². The molecule has 0 aliphatic heterocycles. The van der Waals surface area contributed by atoms with Crippen LogP contribution in [-0.4, -0.2) is 41.0 Å². The minimum Gasteiger partial charge on any atom is -0.381 e. The Morgan fingerprint density at radius 1 is 1.38 bits per heavy atom. The molecule has 0 fully saturated rings. The van der Waals surface area contributed by atoms with Gasteiger partial charge in [0, 0.05) is 25.0 Å². The topological polar surface area (TPSA) is 67.1 Å². The highest BCUT2D eigenvalue weighted by Gasteiger charge is 2.03. The van der Waals surface area contributed by atoms with Crippen molar-refractivity contribution in [3.8, 4) is 0 Å². The van der Waals surface area contributed by atoms with Gasteiger partial charge >= 0.3 is 0 Å². The Bertz CT molecular complexity index is 313. The Balaban J connectivity index is 2.24. The summed E-state index contributed by atoms with van der Waals surface area (Å²) >= 11 is 0. The summed E-state index contributed by atoms with van der Waals surface area (Å²) in [5, 5.41) is 3.18. The zero-order valence-electron chi connectivity index (χ0n) is 10.3. The fourth-order valence-corrected chi connectivity index (χ4v) is 1.28. The van der Waals surface area contributed by atoms with Gasteiger partial charge in [0.05, 0.1) is 0 Å². The summed E-state index contributed by atoms with van der Waals surface area (Å²) in [7, 11) is 2.13. The van der Waals surface area contributed by atoms with E-state index in [0.29, 0.717) is 17.7 Å². The van der Waals surface area contributed by atoms with E-state index in [4.69, 9.17) is 5.73 Å². The lowest BCUT2D eigenvalue weighted by molar-refractivity contribution is 0.273. The second-order valence-electron chi connectivity index (χ2n) is 4.14. The summed E-state index contributed by atoms with van der Waals surface area (Å²) in [5.74, 6) is 1.13. The summed E-state index contributed by atoms with van der Waals surface area (Å²) in [6, 6.07) is 0.585. The molecule has 0 saturated carbocycles. The van der Waals surface area contributed by atoms with Crippen molar-refractivity contribution in [2.24, 2.45) is 0 Å². The zero-order valence-corrected chi connectivity index (χ0v) is 10.3. The van der Waals surface area contributed by atoms with Crippen LogP contribution in [-0.2, 0) is 0 Å². The van der Waals surface area contributed by atoms with Crippen molar-refractivity contribution >= 4 is 11.6 Å². The molecule has 90 valence electrons. The van der Waals surface area contributed by atoms with E-state index in [1.807, 2.05) is 0 Å². The number of anilines is 2. The van der Waals surface area contributed by atoms with Crippen molar-refractivity contribution < 1.29 is 0 Å². The van der Waals surface area contributed by atoms with Crippen molar-refractivity contribution in [3.05, 3.63) is 12.4 Å². The van der Waals surface area contributed by atoms with Gasteiger partial charge in [-0.1, -0.05) is 0 Å². The van der Waals surface area contributed by atoms with Crippen LogP contribution in [0.5, 0.6) is 0 Å². The number of nitrogens with zero attached hydrogens (tertiary/aromatic N) is 3. The van der Waals surface area contributed by atoms with Gasteiger partial charge in [0.1, 0.15) is 0 Å². The predicted octanol–water partition coefficient (Wildman–Crippen LogP) is 1.20. The fourth-order valence-electron chi connectivity index (χ4n) is 1.28. The van der Waals surface area contributed by atoms with Gasteiger partial charge in [-0.2, -0.15) is 0 Å². The number of nitrogen functional groups attached to an aromatic ring is 1. The summed E-state index contributed by atoms with van der Waals surface area (Å²) in [4.78, 5) is 10.4. The van der Waals surface area contributed by atoms with Gasteiger partial charge < -0.3 is 16.0 Å². The molecule has 0 aliphatic carbocycles. The quantitative estimate of drug-likeness (QED) is 0.709. The van der Waals surface area contributed by atoms with Crippen LogP contribution in [0, 0.1) is 0 Å². The van der Waals surface area contributed by atoms with Crippen molar-refractivity contribution in [2.75, 3.05) is 31.2 Å². The molecule has 0 aromatic carbocycles. The standard InChI is InChI=1S/C11H21N5/c1-9(2)16(3)8-4-5-14-11-10(12)13-6-7-15-11/h6-7,9H,4-5,8H2,1-3H3,(H2,12,13)(H,14,15). The van der Waals surface area contributed by atoms with Crippen LogP contribution in [0.15, 0.2) is 12.4 Å². The van der Waals surface area contributed by atoms with Gasteiger partial charge in [-0.05, 0) is 33.9 Å². The molecule has 1 rings (SSSR count). The minimum atomic E-state index is 0.458. The molecular formula is C11H21N5. The largest absolute Gasteiger partial charge is 0.381 e. The monoisotopic (exact) mass is 223 g/mol. The van der Waals surface area contributed by atoms with Gasteiger partial charge in [0.25, 0.3) is 0 Å². The molecule has 0 atom stereocenters. The van der Waals surface area contributed by atoms with Crippen LogP contribution in [0.3, 0.4) is 0 Å². The first-order valence-corrected chi connectivity index (χ1v) is 5.62. The summed E-state index contributed by atoms with van der Waals surface area (Å²) in [6.07, 6.45) is 4.29. The average Bonchev–Trinajstić information content (AvgIpc) is 2.26. The number of nitrogens with one attached hydrogen (secondary N) is 1. The van der Waals surface area contributed by atoms with Crippen molar-refractivity contribution in [1.29, 1.82) is 0 Å². The molecule has 1 aromatic rings. The minimum absolute atomic E-state index is 0.458. The molecule has 0 amide bonds. The first-order valence-electron chi connectivity index (χ1n) is 5.62. The SMILES string of the molecule is CC(C)N(C)CCCNc1nccnc1N. The van der Waals surface area contributed by atoms with Crippen LogP contribution in [0.4, 0.5) is 11.6 Å². The van der Waals surface area contributed by atoms with Gasteiger partial charge in [0.2, 0.25) is 0 Å². The molecule has 1 aromatic heterocycles. The van der Waals surface area contributed by atoms with Crippen LogP contribution >= 0.6 is 0 Å². The Kier molecular flexibility index (Phi) is 4.98.